The highest BCUT2D eigenvalue weighted by molar-refractivity contribution is 6.32. The number of aliphatic hydroxyl groups is 2. The number of hydrogen-bond acceptors (Lipinski definition) is 4. The summed E-state index contributed by atoms with van der Waals surface area (Å²) in [6.07, 6.45) is 1.63. The van der Waals surface area contributed by atoms with Gasteiger partial charge in [-0.15, -0.1) is 0 Å². The van der Waals surface area contributed by atoms with Crippen LogP contribution in [0.5, 0.6) is 0 Å². The van der Waals surface area contributed by atoms with Gasteiger partial charge in [-0.2, -0.15) is 0 Å². The van der Waals surface area contributed by atoms with Crippen LogP contribution in [0.1, 0.15) is 6.92 Å². The number of hydrogen-bond donors (Lipinski definition) is 3. The van der Waals surface area contributed by atoms with Crippen LogP contribution in [-0.2, 0) is 0 Å². The SMILES string of the molecule is CC(CO)(CO)CNc1ncccc1Cl. The molecule has 0 aliphatic carbocycles. The molecule has 0 aliphatic heterocycles. The van der Waals surface area contributed by atoms with Crippen molar-refractivity contribution in [3.8, 4) is 0 Å². The van der Waals surface area contributed by atoms with Gasteiger partial charge in [0.05, 0.1) is 18.2 Å². The van der Waals surface area contributed by atoms with Crippen LogP contribution in [0.3, 0.4) is 0 Å². The first-order valence-corrected chi connectivity index (χ1v) is 5.05. The number of anilines is 1. The predicted octanol–water partition coefficient (Wildman–Crippen LogP) is 1.14. The van der Waals surface area contributed by atoms with E-state index in [4.69, 9.17) is 21.8 Å². The first kappa shape index (κ1) is 12.2. The summed E-state index contributed by atoms with van der Waals surface area (Å²) in [5, 5.41) is 21.7. The van der Waals surface area contributed by atoms with Gasteiger partial charge < -0.3 is 15.5 Å². The Morgan fingerprint density at radius 3 is 2.67 bits per heavy atom. The largest absolute Gasteiger partial charge is 0.396 e. The summed E-state index contributed by atoms with van der Waals surface area (Å²) in [6.45, 7) is 2.00. The van der Waals surface area contributed by atoms with Crippen LogP contribution in [0.4, 0.5) is 5.82 Å². The van der Waals surface area contributed by atoms with Gasteiger partial charge in [-0.1, -0.05) is 18.5 Å². The number of aliphatic hydroxyl groups excluding tert-OH is 2. The lowest BCUT2D eigenvalue weighted by atomic mass is 9.93. The summed E-state index contributed by atoms with van der Waals surface area (Å²) in [5.74, 6) is 0.562. The first-order chi connectivity index (χ1) is 7.11. The van der Waals surface area contributed by atoms with Crippen LogP contribution in [0, 0.1) is 5.41 Å². The number of nitrogens with zero attached hydrogens (tertiary/aromatic N) is 1. The van der Waals surface area contributed by atoms with E-state index in [1.807, 2.05) is 0 Å². The topological polar surface area (TPSA) is 65.4 Å². The summed E-state index contributed by atoms with van der Waals surface area (Å²) in [7, 11) is 0. The molecule has 1 heterocycles. The number of nitrogens with one attached hydrogen (secondary N) is 1. The molecule has 0 saturated heterocycles. The molecule has 0 fully saturated rings. The lowest BCUT2D eigenvalue weighted by Gasteiger charge is -2.25. The number of rotatable bonds is 5. The summed E-state index contributed by atoms with van der Waals surface area (Å²) < 4.78 is 0. The van der Waals surface area contributed by atoms with Crippen molar-refractivity contribution in [1.29, 1.82) is 0 Å². The van der Waals surface area contributed by atoms with Crippen molar-refractivity contribution in [2.75, 3.05) is 25.1 Å². The van der Waals surface area contributed by atoms with E-state index in [0.29, 0.717) is 17.4 Å². The Balaban J connectivity index is 2.61. The Morgan fingerprint density at radius 1 is 1.47 bits per heavy atom. The van der Waals surface area contributed by atoms with Gasteiger partial charge in [0, 0.05) is 18.2 Å². The molecule has 84 valence electrons. The van der Waals surface area contributed by atoms with Gasteiger partial charge in [0.15, 0.2) is 0 Å². The second kappa shape index (κ2) is 5.30. The van der Waals surface area contributed by atoms with Gasteiger partial charge in [0.25, 0.3) is 0 Å². The van der Waals surface area contributed by atoms with Crippen LogP contribution in [-0.4, -0.2) is 35.0 Å². The summed E-state index contributed by atoms with van der Waals surface area (Å²) in [5.41, 5.74) is -0.569. The standard InChI is InChI=1S/C10H15ClN2O2/c1-10(6-14,7-15)5-13-9-8(11)3-2-4-12-9/h2-4,14-15H,5-7H2,1H3,(H,12,13). The second-order valence-corrected chi connectivity index (χ2v) is 4.22. The number of aromatic nitrogens is 1. The third-order valence-electron chi connectivity index (χ3n) is 2.20. The smallest absolute Gasteiger partial charge is 0.144 e. The van der Waals surface area contributed by atoms with Crippen molar-refractivity contribution in [2.45, 2.75) is 6.92 Å². The molecule has 0 unspecified atom stereocenters. The zero-order valence-electron chi connectivity index (χ0n) is 8.57. The third kappa shape index (κ3) is 3.34. The molecule has 15 heavy (non-hydrogen) atoms. The Labute approximate surface area is 93.9 Å². The quantitative estimate of drug-likeness (QED) is 0.710. The minimum atomic E-state index is -0.569. The molecule has 0 amide bonds. The molecule has 5 heteroatoms. The summed E-state index contributed by atoms with van der Waals surface area (Å²) in [6, 6.07) is 3.47. The van der Waals surface area contributed by atoms with Crippen molar-refractivity contribution >= 4 is 17.4 Å². The lowest BCUT2D eigenvalue weighted by Crippen LogP contribution is -2.34. The fourth-order valence-corrected chi connectivity index (χ4v) is 1.16. The summed E-state index contributed by atoms with van der Waals surface area (Å²) >= 11 is 5.89. The van der Waals surface area contributed by atoms with Gasteiger partial charge in [-0.05, 0) is 12.1 Å². The first-order valence-electron chi connectivity index (χ1n) is 4.67. The van der Waals surface area contributed by atoms with Crippen LogP contribution in [0.2, 0.25) is 5.02 Å². The molecule has 0 spiro atoms. The lowest BCUT2D eigenvalue weighted by molar-refractivity contribution is 0.0806. The Kier molecular flexibility index (Phi) is 4.32. The molecule has 0 saturated carbocycles. The van der Waals surface area contributed by atoms with Gasteiger partial charge in [0.2, 0.25) is 0 Å². The van der Waals surface area contributed by atoms with E-state index in [9.17, 15) is 0 Å². The van der Waals surface area contributed by atoms with Crippen molar-refractivity contribution in [2.24, 2.45) is 5.41 Å². The molecule has 0 radical (unpaired) electrons. The van der Waals surface area contributed by atoms with E-state index in [1.54, 1.807) is 25.3 Å². The Hall–Kier alpha value is -0.840. The maximum atomic E-state index is 9.08. The van der Waals surface area contributed by atoms with Crippen LogP contribution >= 0.6 is 11.6 Å². The maximum Gasteiger partial charge on any atom is 0.144 e. The molecule has 1 aromatic rings. The monoisotopic (exact) mass is 230 g/mol. The number of halogens is 1. The fraction of sp³-hybridized carbons (Fsp3) is 0.500. The van der Waals surface area contributed by atoms with Gasteiger partial charge in [-0.25, -0.2) is 4.98 Å². The fourth-order valence-electron chi connectivity index (χ4n) is 0.975. The van der Waals surface area contributed by atoms with Crippen LogP contribution in [0.25, 0.3) is 0 Å². The van der Waals surface area contributed by atoms with E-state index < -0.39 is 5.41 Å². The molecule has 3 N–H and O–H groups in total. The third-order valence-corrected chi connectivity index (χ3v) is 2.51. The summed E-state index contributed by atoms with van der Waals surface area (Å²) in [4.78, 5) is 4.04. The molecule has 0 aliphatic rings. The zero-order chi connectivity index (χ0) is 11.3. The Bertz CT molecular complexity index is 316. The molecule has 4 nitrogen and oxygen atoms in total. The van der Waals surface area contributed by atoms with Crippen molar-refractivity contribution in [1.82, 2.24) is 4.98 Å². The Morgan fingerprint density at radius 2 is 2.13 bits per heavy atom. The predicted molar refractivity (Wildman–Crippen MR) is 60.0 cm³/mol. The highest BCUT2D eigenvalue weighted by atomic mass is 35.5. The highest BCUT2D eigenvalue weighted by Crippen LogP contribution is 2.20. The zero-order valence-corrected chi connectivity index (χ0v) is 9.33. The molecule has 1 aromatic heterocycles. The van der Waals surface area contributed by atoms with Gasteiger partial charge in [0.1, 0.15) is 5.82 Å². The maximum absolute atomic E-state index is 9.08. The van der Waals surface area contributed by atoms with Crippen molar-refractivity contribution < 1.29 is 10.2 Å². The molecule has 0 bridgehead atoms. The van der Waals surface area contributed by atoms with E-state index in [-0.39, 0.29) is 13.2 Å². The van der Waals surface area contributed by atoms with E-state index in [0.717, 1.165) is 0 Å². The second-order valence-electron chi connectivity index (χ2n) is 3.81. The van der Waals surface area contributed by atoms with Crippen LogP contribution in [0.15, 0.2) is 18.3 Å². The van der Waals surface area contributed by atoms with Gasteiger partial charge >= 0.3 is 0 Å². The minimum absolute atomic E-state index is 0.0963. The molecule has 0 aromatic carbocycles. The highest BCUT2D eigenvalue weighted by Gasteiger charge is 2.22. The molecular formula is C10H15ClN2O2. The molecule has 1 rings (SSSR count). The average Bonchev–Trinajstić information content (AvgIpc) is 2.28. The van der Waals surface area contributed by atoms with Crippen LogP contribution < -0.4 is 5.32 Å². The van der Waals surface area contributed by atoms with Gasteiger partial charge in [-0.3, -0.25) is 0 Å². The number of pyridine rings is 1. The van der Waals surface area contributed by atoms with Crippen molar-refractivity contribution in [3.05, 3.63) is 23.4 Å². The van der Waals surface area contributed by atoms with E-state index in [2.05, 4.69) is 10.3 Å². The normalized spacial score (nSPS) is 11.5. The minimum Gasteiger partial charge on any atom is -0.396 e. The van der Waals surface area contributed by atoms with Crippen molar-refractivity contribution in [3.63, 3.8) is 0 Å². The average molecular weight is 231 g/mol. The molecular weight excluding hydrogens is 216 g/mol. The van der Waals surface area contributed by atoms with E-state index >= 15 is 0 Å². The molecule has 0 atom stereocenters. The van der Waals surface area contributed by atoms with E-state index in [1.165, 1.54) is 0 Å².